The van der Waals surface area contributed by atoms with Crippen LogP contribution >= 0.6 is 0 Å². The minimum atomic E-state index is -0.658. The van der Waals surface area contributed by atoms with E-state index >= 15 is 0 Å². The highest BCUT2D eigenvalue weighted by atomic mass is 16.3. The average molecular weight is 269 g/mol. The van der Waals surface area contributed by atoms with Crippen molar-refractivity contribution < 1.29 is 9.90 Å². The second-order valence-corrected chi connectivity index (χ2v) is 6.51. The van der Waals surface area contributed by atoms with Crippen LogP contribution in [0.25, 0.3) is 0 Å². The molecule has 1 saturated heterocycles. The van der Waals surface area contributed by atoms with Gasteiger partial charge < -0.3 is 15.3 Å². The average Bonchev–Trinajstić information content (AvgIpc) is 2.80. The summed E-state index contributed by atoms with van der Waals surface area (Å²) in [5.41, 5.74) is -0.658. The van der Waals surface area contributed by atoms with Crippen molar-refractivity contribution in [1.29, 1.82) is 0 Å². The summed E-state index contributed by atoms with van der Waals surface area (Å²) < 4.78 is 0. The van der Waals surface area contributed by atoms with Crippen molar-refractivity contribution in [2.45, 2.75) is 51.2 Å². The number of carbonyl (C=O) groups excluding carboxylic acids is 1. The summed E-state index contributed by atoms with van der Waals surface area (Å²) in [6, 6.07) is 0.483. The Balaban J connectivity index is 1.71. The van der Waals surface area contributed by atoms with E-state index in [1.807, 2.05) is 18.7 Å². The minimum Gasteiger partial charge on any atom is -0.389 e. The molecule has 0 aromatic heterocycles. The van der Waals surface area contributed by atoms with E-state index in [0.717, 1.165) is 39.0 Å². The van der Waals surface area contributed by atoms with E-state index in [2.05, 4.69) is 10.2 Å². The molecule has 110 valence electrons. The molecule has 5 heteroatoms. The summed E-state index contributed by atoms with van der Waals surface area (Å²) in [7, 11) is 0. The van der Waals surface area contributed by atoms with Gasteiger partial charge in [0.05, 0.1) is 5.60 Å². The second kappa shape index (κ2) is 6.09. The van der Waals surface area contributed by atoms with E-state index in [4.69, 9.17) is 0 Å². The molecule has 0 atom stereocenters. The molecule has 2 aliphatic rings. The molecule has 0 aromatic rings. The monoisotopic (exact) mass is 269 g/mol. The summed E-state index contributed by atoms with van der Waals surface area (Å²) in [4.78, 5) is 16.2. The Morgan fingerprint density at radius 2 is 1.79 bits per heavy atom. The topological polar surface area (TPSA) is 55.8 Å². The summed E-state index contributed by atoms with van der Waals surface area (Å²) in [6.45, 7) is 7.54. The number of rotatable bonds is 3. The molecule has 0 radical (unpaired) electrons. The predicted octanol–water partition coefficient (Wildman–Crippen LogP) is 1.03. The van der Waals surface area contributed by atoms with Gasteiger partial charge in [-0.3, -0.25) is 4.90 Å². The van der Waals surface area contributed by atoms with Crippen LogP contribution < -0.4 is 5.32 Å². The summed E-state index contributed by atoms with van der Waals surface area (Å²) in [5.74, 6) is 0. The van der Waals surface area contributed by atoms with Gasteiger partial charge in [0.25, 0.3) is 0 Å². The lowest BCUT2D eigenvalue weighted by Gasteiger charge is -2.37. The Kier molecular flexibility index (Phi) is 4.68. The van der Waals surface area contributed by atoms with Crippen LogP contribution in [0.2, 0.25) is 0 Å². The van der Waals surface area contributed by atoms with E-state index < -0.39 is 5.60 Å². The second-order valence-electron chi connectivity index (χ2n) is 6.51. The van der Waals surface area contributed by atoms with Gasteiger partial charge in [0.2, 0.25) is 0 Å². The maximum atomic E-state index is 12.1. The van der Waals surface area contributed by atoms with E-state index in [9.17, 15) is 9.90 Å². The van der Waals surface area contributed by atoms with Crippen LogP contribution in [0.5, 0.6) is 0 Å². The van der Waals surface area contributed by atoms with Crippen LogP contribution in [0.1, 0.15) is 39.5 Å². The Morgan fingerprint density at radius 1 is 1.21 bits per heavy atom. The molecule has 1 aliphatic carbocycles. The van der Waals surface area contributed by atoms with E-state index in [0.29, 0.717) is 12.6 Å². The zero-order valence-corrected chi connectivity index (χ0v) is 12.2. The van der Waals surface area contributed by atoms with Gasteiger partial charge in [-0.15, -0.1) is 0 Å². The zero-order chi connectivity index (χ0) is 13.9. The number of hydrogen-bond donors (Lipinski definition) is 2. The van der Waals surface area contributed by atoms with Gasteiger partial charge >= 0.3 is 6.03 Å². The van der Waals surface area contributed by atoms with Crippen molar-refractivity contribution in [3.63, 3.8) is 0 Å². The maximum Gasteiger partial charge on any atom is 0.317 e. The van der Waals surface area contributed by atoms with Crippen molar-refractivity contribution in [2.24, 2.45) is 0 Å². The Bertz CT molecular complexity index is 300. The number of nitrogens with one attached hydrogen (secondary N) is 1. The van der Waals surface area contributed by atoms with E-state index in [-0.39, 0.29) is 6.03 Å². The third kappa shape index (κ3) is 4.66. The molecular formula is C14H27N3O2. The Hall–Kier alpha value is -0.810. The fourth-order valence-corrected chi connectivity index (χ4v) is 2.99. The SMILES string of the molecule is CC(C)(O)CN1CCN(C(=O)NC2CCCC2)CC1. The number of β-amino-alcohol motifs (C(OH)–C–C–N with tert-alkyl or cyclic N) is 1. The largest absolute Gasteiger partial charge is 0.389 e. The van der Waals surface area contributed by atoms with Crippen LogP contribution in [0.15, 0.2) is 0 Å². The lowest BCUT2D eigenvalue weighted by atomic mass is 10.1. The van der Waals surface area contributed by atoms with Crippen LogP contribution in [0.3, 0.4) is 0 Å². The maximum absolute atomic E-state index is 12.1. The molecule has 19 heavy (non-hydrogen) atoms. The summed E-state index contributed by atoms with van der Waals surface area (Å²) in [6.07, 6.45) is 4.74. The van der Waals surface area contributed by atoms with Crippen LogP contribution in [0, 0.1) is 0 Å². The van der Waals surface area contributed by atoms with Gasteiger partial charge in [-0.2, -0.15) is 0 Å². The molecule has 1 aliphatic heterocycles. The third-order valence-corrected chi connectivity index (χ3v) is 3.95. The quantitative estimate of drug-likeness (QED) is 0.804. The highest BCUT2D eigenvalue weighted by molar-refractivity contribution is 5.74. The van der Waals surface area contributed by atoms with Crippen molar-refractivity contribution in [1.82, 2.24) is 15.1 Å². The molecule has 2 N–H and O–H groups in total. The van der Waals surface area contributed by atoms with Gasteiger partial charge in [-0.1, -0.05) is 12.8 Å². The van der Waals surface area contributed by atoms with Gasteiger partial charge in [0.15, 0.2) is 0 Å². The zero-order valence-electron chi connectivity index (χ0n) is 12.2. The molecule has 2 rings (SSSR count). The molecule has 0 unspecified atom stereocenters. The Morgan fingerprint density at radius 3 is 2.32 bits per heavy atom. The van der Waals surface area contributed by atoms with E-state index in [1.165, 1.54) is 12.8 Å². The third-order valence-electron chi connectivity index (χ3n) is 3.95. The van der Waals surface area contributed by atoms with Crippen molar-refractivity contribution >= 4 is 6.03 Å². The van der Waals surface area contributed by atoms with Crippen LogP contribution in [0.4, 0.5) is 4.79 Å². The van der Waals surface area contributed by atoms with Crippen LogP contribution in [-0.2, 0) is 0 Å². The predicted molar refractivity (Wildman–Crippen MR) is 75.1 cm³/mol. The lowest BCUT2D eigenvalue weighted by Crippen LogP contribution is -2.55. The van der Waals surface area contributed by atoms with Crippen LogP contribution in [-0.4, -0.2) is 65.3 Å². The molecule has 5 nitrogen and oxygen atoms in total. The molecule has 0 bridgehead atoms. The fourth-order valence-electron chi connectivity index (χ4n) is 2.99. The number of carbonyl (C=O) groups is 1. The van der Waals surface area contributed by atoms with Gasteiger partial charge in [0.1, 0.15) is 0 Å². The first-order valence-electron chi connectivity index (χ1n) is 7.44. The number of piperazine rings is 1. The minimum absolute atomic E-state index is 0.0924. The first-order valence-corrected chi connectivity index (χ1v) is 7.44. The molecular weight excluding hydrogens is 242 g/mol. The van der Waals surface area contributed by atoms with Gasteiger partial charge in [-0.05, 0) is 26.7 Å². The smallest absolute Gasteiger partial charge is 0.317 e. The normalized spacial score (nSPS) is 22.8. The summed E-state index contributed by atoms with van der Waals surface area (Å²) >= 11 is 0. The molecule has 0 aromatic carbocycles. The lowest BCUT2D eigenvalue weighted by molar-refractivity contribution is 0.0224. The highest BCUT2D eigenvalue weighted by Crippen LogP contribution is 2.18. The molecule has 1 heterocycles. The molecule has 2 fully saturated rings. The van der Waals surface area contributed by atoms with Crippen molar-refractivity contribution in [2.75, 3.05) is 32.7 Å². The Labute approximate surface area is 115 Å². The first-order chi connectivity index (χ1) is 8.94. The standard InChI is InChI=1S/C14H27N3O2/c1-14(2,19)11-16-7-9-17(10-8-16)13(18)15-12-5-3-4-6-12/h12,19H,3-11H2,1-2H3,(H,15,18). The molecule has 2 amide bonds. The molecule has 1 saturated carbocycles. The van der Waals surface area contributed by atoms with E-state index in [1.54, 1.807) is 0 Å². The number of hydrogen-bond acceptors (Lipinski definition) is 3. The van der Waals surface area contributed by atoms with Gasteiger partial charge in [-0.25, -0.2) is 4.79 Å². The number of aliphatic hydroxyl groups is 1. The number of nitrogens with zero attached hydrogens (tertiary/aromatic N) is 2. The fraction of sp³-hybridized carbons (Fsp3) is 0.929. The summed E-state index contributed by atoms with van der Waals surface area (Å²) in [5, 5.41) is 12.9. The number of urea groups is 1. The first kappa shape index (κ1) is 14.6. The highest BCUT2D eigenvalue weighted by Gasteiger charge is 2.26. The van der Waals surface area contributed by atoms with Gasteiger partial charge in [0, 0.05) is 38.8 Å². The number of amides is 2. The molecule has 0 spiro atoms. The van der Waals surface area contributed by atoms with Crippen molar-refractivity contribution in [3.05, 3.63) is 0 Å². The van der Waals surface area contributed by atoms with Crippen molar-refractivity contribution in [3.8, 4) is 0 Å².